The lowest BCUT2D eigenvalue weighted by molar-refractivity contribution is 0.0827. The monoisotopic (exact) mass is 445 g/mol. The van der Waals surface area contributed by atoms with E-state index in [-0.39, 0.29) is 21.1 Å². The van der Waals surface area contributed by atoms with Crippen LogP contribution < -0.4 is 10.0 Å². The number of anilines is 2. The van der Waals surface area contributed by atoms with Crippen molar-refractivity contribution in [2.75, 3.05) is 24.1 Å². The Morgan fingerprint density at radius 3 is 2.33 bits per heavy atom. The Kier molecular flexibility index (Phi) is 6.13. The molecular formula is C19H19N5O4S2. The summed E-state index contributed by atoms with van der Waals surface area (Å²) in [6, 6.07) is 13.0. The number of aryl methyl sites for hydroxylation is 1. The molecule has 2 amide bonds. The van der Waals surface area contributed by atoms with Crippen molar-refractivity contribution in [1.29, 1.82) is 0 Å². The van der Waals surface area contributed by atoms with Crippen LogP contribution in [0.4, 0.5) is 10.8 Å². The van der Waals surface area contributed by atoms with Gasteiger partial charge in [0.2, 0.25) is 5.13 Å². The maximum atomic E-state index is 12.6. The van der Waals surface area contributed by atoms with Gasteiger partial charge in [0, 0.05) is 30.9 Å². The number of amides is 2. The SMILES string of the molecule is Cc1cccc(C(=O)Nc2nnc(S(=O)(=O)Nc3ccc(C(=O)N(C)C)cc3)s2)c1. The van der Waals surface area contributed by atoms with E-state index in [1.165, 1.54) is 29.2 Å². The molecule has 1 heterocycles. The molecule has 0 saturated heterocycles. The number of nitrogens with zero attached hydrogens (tertiary/aromatic N) is 3. The van der Waals surface area contributed by atoms with Gasteiger partial charge in [0.05, 0.1) is 0 Å². The lowest BCUT2D eigenvalue weighted by Gasteiger charge is -2.11. The smallest absolute Gasteiger partial charge is 0.291 e. The summed E-state index contributed by atoms with van der Waals surface area (Å²) in [5, 5.41) is 10.0. The van der Waals surface area contributed by atoms with Gasteiger partial charge >= 0.3 is 0 Å². The van der Waals surface area contributed by atoms with Gasteiger partial charge in [-0.15, -0.1) is 10.2 Å². The summed E-state index contributed by atoms with van der Waals surface area (Å²) in [5.41, 5.74) is 2.05. The first kappa shape index (κ1) is 21.4. The molecule has 2 N–H and O–H groups in total. The molecule has 0 atom stereocenters. The van der Waals surface area contributed by atoms with E-state index in [1.54, 1.807) is 32.3 Å². The molecule has 9 nitrogen and oxygen atoms in total. The van der Waals surface area contributed by atoms with Crippen LogP contribution in [0.5, 0.6) is 0 Å². The third kappa shape index (κ3) is 4.99. The van der Waals surface area contributed by atoms with E-state index in [2.05, 4.69) is 20.2 Å². The van der Waals surface area contributed by atoms with Crippen LogP contribution in [0.15, 0.2) is 52.9 Å². The molecule has 0 bridgehead atoms. The fraction of sp³-hybridized carbons (Fsp3) is 0.158. The first-order chi connectivity index (χ1) is 14.2. The Morgan fingerprint density at radius 1 is 1.00 bits per heavy atom. The molecule has 0 aliphatic heterocycles. The van der Waals surface area contributed by atoms with Crippen molar-refractivity contribution in [3.8, 4) is 0 Å². The van der Waals surface area contributed by atoms with Gasteiger partial charge in [0.1, 0.15) is 0 Å². The summed E-state index contributed by atoms with van der Waals surface area (Å²) in [6.45, 7) is 1.86. The van der Waals surface area contributed by atoms with Gasteiger partial charge in [-0.3, -0.25) is 19.6 Å². The van der Waals surface area contributed by atoms with E-state index in [4.69, 9.17) is 0 Å². The Bertz CT molecular complexity index is 1190. The van der Waals surface area contributed by atoms with Crippen LogP contribution in [0.3, 0.4) is 0 Å². The summed E-state index contributed by atoms with van der Waals surface area (Å²) < 4.78 is 27.2. The first-order valence-corrected chi connectivity index (χ1v) is 11.0. The Hall–Kier alpha value is -3.31. The van der Waals surface area contributed by atoms with Crippen molar-refractivity contribution >= 4 is 44.0 Å². The zero-order valence-electron chi connectivity index (χ0n) is 16.4. The number of hydrogen-bond donors (Lipinski definition) is 2. The molecule has 0 radical (unpaired) electrons. The number of rotatable bonds is 6. The number of sulfonamides is 1. The molecule has 1 aromatic heterocycles. The van der Waals surface area contributed by atoms with Gasteiger partial charge in [0.15, 0.2) is 0 Å². The molecule has 0 saturated carbocycles. The lowest BCUT2D eigenvalue weighted by Crippen LogP contribution is -2.21. The average Bonchev–Trinajstić information content (AvgIpc) is 3.17. The molecule has 0 aliphatic rings. The van der Waals surface area contributed by atoms with Gasteiger partial charge < -0.3 is 4.90 Å². The second-order valence-corrected chi connectivity index (χ2v) is 9.41. The summed E-state index contributed by atoms with van der Waals surface area (Å²) in [4.78, 5) is 25.6. The number of aromatic nitrogens is 2. The van der Waals surface area contributed by atoms with E-state index >= 15 is 0 Å². The van der Waals surface area contributed by atoms with Crippen LogP contribution in [0, 0.1) is 6.92 Å². The third-order valence-corrected chi connectivity index (χ3v) is 6.51. The highest BCUT2D eigenvalue weighted by Gasteiger charge is 2.21. The quantitative estimate of drug-likeness (QED) is 0.563. The van der Waals surface area contributed by atoms with Gasteiger partial charge in [-0.05, 0) is 43.3 Å². The van der Waals surface area contributed by atoms with Gasteiger partial charge in [-0.2, -0.15) is 8.42 Å². The van der Waals surface area contributed by atoms with Crippen LogP contribution in [0.2, 0.25) is 0 Å². The predicted octanol–water partition coefficient (Wildman–Crippen LogP) is 2.60. The zero-order chi connectivity index (χ0) is 21.9. The van der Waals surface area contributed by atoms with Crippen LogP contribution in [0.1, 0.15) is 26.3 Å². The fourth-order valence-corrected chi connectivity index (χ4v) is 4.42. The van der Waals surface area contributed by atoms with Crippen molar-refractivity contribution < 1.29 is 18.0 Å². The maximum absolute atomic E-state index is 12.6. The molecule has 0 aliphatic carbocycles. The van der Waals surface area contributed by atoms with Gasteiger partial charge in [-0.1, -0.05) is 29.0 Å². The number of carbonyl (C=O) groups excluding carboxylic acids is 2. The highest BCUT2D eigenvalue weighted by Crippen LogP contribution is 2.23. The number of benzene rings is 2. The summed E-state index contributed by atoms with van der Waals surface area (Å²) >= 11 is 0.733. The lowest BCUT2D eigenvalue weighted by atomic mass is 10.1. The fourth-order valence-electron chi connectivity index (χ4n) is 2.46. The zero-order valence-corrected chi connectivity index (χ0v) is 18.0. The van der Waals surface area contributed by atoms with Crippen molar-refractivity contribution in [2.24, 2.45) is 0 Å². The van der Waals surface area contributed by atoms with E-state index in [1.807, 2.05) is 13.0 Å². The van der Waals surface area contributed by atoms with E-state index in [0.717, 1.165) is 16.9 Å². The summed E-state index contributed by atoms with van der Waals surface area (Å²) in [7, 11) is -0.743. The second-order valence-electron chi connectivity index (χ2n) is 6.58. The van der Waals surface area contributed by atoms with Crippen LogP contribution in [-0.2, 0) is 10.0 Å². The van der Waals surface area contributed by atoms with Crippen molar-refractivity contribution in [1.82, 2.24) is 15.1 Å². The van der Waals surface area contributed by atoms with E-state index < -0.39 is 15.9 Å². The molecule has 30 heavy (non-hydrogen) atoms. The van der Waals surface area contributed by atoms with Crippen molar-refractivity contribution in [3.05, 3.63) is 65.2 Å². The maximum Gasteiger partial charge on any atom is 0.291 e. The Labute approximate surface area is 177 Å². The molecule has 2 aromatic carbocycles. The predicted molar refractivity (Wildman–Crippen MR) is 114 cm³/mol. The molecule has 0 fully saturated rings. The first-order valence-electron chi connectivity index (χ1n) is 8.72. The molecule has 3 aromatic rings. The minimum absolute atomic E-state index is 0.0637. The van der Waals surface area contributed by atoms with Crippen LogP contribution in [-0.4, -0.2) is 49.4 Å². The third-order valence-electron chi connectivity index (χ3n) is 3.93. The number of carbonyl (C=O) groups is 2. The van der Waals surface area contributed by atoms with Gasteiger partial charge in [-0.25, -0.2) is 0 Å². The Morgan fingerprint density at radius 2 is 1.70 bits per heavy atom. The number of hydrogen-bond acceptors (Lipinski definition) is 7. The molecule has 11 heteroatoms. The van der Waals surface area contributed by atoms with Crippen LogP contribution >= 0.6 is 11.3 Å². The highest BCUT2D eigenvalue weighted by molar-refractivity contribution is 7.94. The molecule has 156 valence electrons. The summed E-state index contributed by atoms with van der Waals surface area (Å²) in [5.74, 6) is -0.601. The highest BCUT2D eigenvalue weighted by atomic mass is 32.2. The second kappa shape index (κ2) is 8.59. The topological polar surface area (TPSA) is 121 Å². The molecule has 3 rings (SSSR count). The molecule has 0 spiro atoms. The largest absolute Gasteiger partial charge is 0.345 e. The summed E-state index contributed by atoms with van der Waals surface area (Å²) in [6.07, 6.45) is 0. The van der Waals surface area contributed by atoms with Crippen molar-refractivity contribution in [2.45, 2.75) is 11.3 Å². The Balaban J connectivity index is 1.71. The number of nitrogens with one attached hydrogen (secondary N) is 2. The van der Waals surface area contributed by atoms with E-state index in [9.17, 15) is 18.0 Å². The normalized spacial score (nSPS) is 11.0. The molecule has 0 unspecified atom stereocenters. The van der Waals surface area contributed by atoms with Crippen molar-refractivity contribution in [3.63, 3.8) is 0 Å². The van der Waals surface area contributed by atoms with E-state index in [0.29, 0.717) is 11.1 Å². The van der Waals surface area contributed by atoms with Gasteiger partial charge in [0.25, 0.3) is 26.2 Å². The standard InChI is InChI=1S/C19H19N5O4S2/c1-12-5-4-6-14(11-12)16(25)20-18-21-22-19(29-18)30(27,28)23-15-9-7-13(8-10-15)17(26)24(2)3/h4-11,23H,1-3H3,(H,20,21,25). The molecular weight excluding hydrogens is 426 g/mol. The van der Waals surface area contributed by atoms with Crippen LogP contribution in [0.25, 0.3) is 0 Å². The minimum Gasteiger partial charge on any atom is -0.345 e. The minimum atomic E-state index is -4.00. The average molecular weight is 446 g/mol.